The molecule has 0 saturated carbocycles. The highest BCUT2D eigenvalue weighted by Gasteiger charge is 2.34. The second kappa shape index (κ2) is 6.65. The van der Waals surface area contributed by atoms with Gasteiger partial charge in [-0.05, 0) is 18.8 Å². The number of aliphatic hydroxyl groups is 1. The van der Waals surface area contributed by atoms with Crippen LogP contribution < -0.4 is 5.32 Å². The zero-order chi connectivity index (χ0) is 14.5. The lowest BCUT2D eigenvalue weighted by Crippen LogP contribution is -2.40. The molecule has 1 aromatic heterocycles. The van der Waals surface area contributed by atoms with E-state index >= 15 is 0 Å². The Balaban J connectivity index is 2.12. The van der Waals surface area contributed by atoms with Gasteiger partial charge in [0.15, 0.2) is 0 Å². The first-order valence-corrected chi connectivity index (χ1v) is 7.15. The number of carbonyl (C=O) groups is 1. The molecule has 1 aliphatic heterocycles. The Kier molecular flexibility index (Phi) is 4.89. The molecule has 1 fully saturated rings. The van der Waals surface area contributed by atoms with Gasteiger partial charge in [-0.15, -0.1) is 0 Å². The summed E-state index contributed by atoms with van der Waals surface area (Å²) in [6, 6.07) is -0.114. The topological polar surface area (TPSA) is 78.4 Å². The van der Waals surface area contributed by atoms with Crippen molar-refractivity contribution in [3.8, 4) is 0 Å². The number of hydrogen-bond acceptors (Lipinski definition) is 5. The van der Waals surface area contributed by atoms with Gasteiger partial charge >= 0.3 is 0 Å². The van der Waals surface area contributed by atoms with E-state index in [1.54, 1.807) is 11.1 Å². The molecule has 1 aromatic rings. The molecule has 0 aliphatic carbocycles. The Hall–Kier alpha value is -1.69. The molecule has 0 radical (unpaired) electrons. The predicted molar refractivity (Wildman–Crippen MR) is 76.5 cm³/mol. The Labute approximate surface area is 119 Å². The van der Waals surface area contributed by atoms with Crippen molar-refractivity contribution in [2.75, 3.05) is 25.0 Å². The molecule has 2 heterocycles. The van der Waals surface area contributed by atoms with Crippen molar-refractivity contribution < 1.29 is 9.90 Å². The van der Waals surface area contributed by atoms with Crippen molar-refractivity contribution >= 4 is 11.7 Å². The van der Waals surface area contributed by atoms with Crippen LogP contribution in [0.4, 0.5) is 5.82 Å². The Morgan fingerprint density at radius 2 is 2.35 bits per heavy atom. The average Bonchev–Trinajstić information content (AvgIpc) is 2.85. The number of nitrogens with zero attached hydrogens (tertiary/aromatic N) is 3. The highest BCUT2D eigenvalue weighted by atomic mass is 16.3. The van der Waals surface area contributed by atoms with Crippen LogP contribution in [0.5, 0.6) is 0 Å². The van der Waals surface area contributed by atoms with Gasteiger partial charge in [-0.3, -0.25) is 9.78 Å². The second-order valence-electron chi connectivity index (χ2n) is 5.23. The van der Waals surface area contributed by atoms with Crippen molar-refractivity contribution in [3.63, 3.8) is 0 Å². The Morgan fingerprint density at radius 3 is 3.05 bits per heavy atom. The zero-order valence-electron chi connectivity index (χ0n) is 12.0. The largest absolute Gasteiger partial charge is 0.394 e. The highest BCUT2D eigenvalue weighted by molar-refractivity contribution is 5.92. The third-order valence-electron chi connectivity index (χ3n) is 3.74. The quantitative estimate of drug-likeness (QED) is 0.844. The average molecular weight is 278 g/mol. The van der Waals surface area contributed by atoms with Crippen LogP contribution in [0.2, 0.25) is 0 Å². The van der Waals surface area contributed by atoms with E-state index in [0.717, 1.165) is 19.4 Å². The maximum atomic E-state index is 12.5. The summed E-state index contributed by atoms with van der Waals surface area (Å²) in [6.07, 6.45) is 4.99. The fourth-order valence-electron chi connectivity index (χ4n) is 2.49. The molecule has 20 heavy (non-hydrogen) atoms. The fourth-order valence-corrected chi connectivity index (χ4v) is 2.49. The monoisotopic (exact) mass is 278 g/mol. The van der Waals surface area contributed by atoms with Crippen LogP contribution in [0, 0.1) is 5.92 Å². The summed E-state index contributed by atoms with van der Waals surface area (Å²) >= 11 is 0. The van der Waals surface area contributed by atoms with Crippen LogP contribution in [-0.2, 0) is 0 Å². The fraction of sp³-hybridized carbons (Fsp3) is 0.643. The van der Waals surface area contributed by atoms with Gasteiger partial charge in [0.2, 0.25) is 0 Å². The molecule has 0 bridgehead atoms. The predicted octanol–water partition coefficient (Wildman–Crippen LogP) is 1.14. The smallest absolute Gasteiger partial charge is 0.274 e. The van der Waals surface area contributed by atoms with Crippen LogP contribution in [0.15, 0.2) is 12.4 Å². The van der Waals surface area contributed by atoms with Crippen LogP contribution in [0.1, 0.15) is 37.2 Å². The number of aliphatic hydroxyl groups excluding tert-OH is 1. The summed E-state index contributed by atoms with van der Waals surface area (Å²) < 4.78 is 0. The number of likely N-dealkylation sites (tertiary alicyclic amines) is 1. The van der Waals surface area contributed by atoms with E-state index in [0.29, 0.717) is 24.0 Å². The van der Waals surface area contributed by atoms with Gasteiger partial charge in [-0.25, -0.2) is 4.98 Å². The maximum Gasteiger partial charge on any atom is 0.274 e. The lowest BCUT2D eigenvalue weighted by atomic mass is 10.0. The molecule has 2 atom stereocenters. The van der Waals surface area contributed by atoms with Gasteiger partial charge in [0, 0.05) is 13.1 Å². The minimum Gasteiger partial charge on any atom is -0.394 e. The van der Waals surface area contributed by atoms with Crippen LogP contribution >= 0.6 is 0 Å². The maximum absolute atomic E-state index is 12.5. The van der Waals surface area contributed by atoms with Crippen LogP contribution in [0.3, 0.4) is 0 Å². The van der Waals surface area contributed by atoms with Crippen LogP contribution in [0.25, 0.3) is 0 Å². The first kappa shape index (κ1) is 14.7. The number of carbonyl (C=O) groups excluding carboxylic acids is 1. The van der Waals surface area contributed by atoms with Gasteiger partial charge in [-0.2, -0.15) is 0 Å². The van der Waals surface area contributed by atoms with Crippen molar-refractivity contribution in [2.24, 2.45) is 5.92 Å². The van der Waals surface area contributed by atoms with Gasteiger partial charge in [0.05, 0.1) is 25.0 Å². The summed E-state index contributed by atoms with van der Waals surface area (Å²) in [7, 11) is 0. The molecule has 1 saturated heterocycles. The molecule has 0 aromatic carbocycles. The molecule has 2 rings (SSSR count). The van der Waals surface area contributed by atoms with Crippen LogP contribution in [-0.4, -0.2) is 51.6 Å². The standard InChI is InChI=1S/C14H22N4O2/c1-3-5-16-13-8-15-7-11(17-13)14(20)18-6-4-10(2)12(18)9-19/h7-8,10,12,19H,3-6,9H2,1-2H3,(H,16,17). The lowest BCUT2D eigenvalue weighted by Gasteiger charge is -2.24. The molecule has 110 valence electrons. The molecule has 1 amide bonds. The normalized spacial score (nSPS) is 22.1. The Bertz CT molecular complexity index is 466. The summed E-state index contributed by atoms with van der Waals surface area (Å²) in [4.78, 5) is 22.5. The summed E-state index contributed by atoms with van der Waals surface area (Å²) in [6.45, 7) is 5.58. The van der Waals surface area contributed by atoms with E-state index in [2.05, 4.69) is 29.1 Å². The van der Waals surface area contributed by atoms with E-state index in [1.165, 1.54) is 6.20 Å². The van der Waals surface area contributed by atoms with Gasteiger partial charge in [0.1, 0.15) is 11.5 Å². The summed E-state index contributed by atoms with van der Waals surface area (Å²) in [5.41, 5.74) is 0.332. The number of rotatable bonds is 5. The van der Waals surface area contributed by atoms with Gasteiger partial charge in [-0.1, -0.05) is 13.8 Å². The molecular formula is C14H22N4O2. The van der Waals surface area contributed by atoms with Crippen molar-refractivity contribution in [1.82, 2.24) is 14.9 Å². The van der Waals surface area contributed by atoms with E-state index in [1.807, 2.05) is 0 Å². The Morgan fingerprint density at radius 1 is 1.55 bits per heavy atom. The number of hydrogen-bond donors (Lipinski definition) is 2. The van der Waals surface area contributed by atoms with E-state index in [-0.39, 0.29) is 18.6 Å². The van der Waals surface area contributed by atoms with Crippen molar-refractivity contribution in [2.45, 2.75) is 32.7 Å². The van der Waals surface area contributed by atoms with E-state index in [4.69, 9.17) is 0 Å². The molecular weight excluding hydrogens is 256 g/mol. The number of nitrogens with one attached hydrogen (secondary N) is 1. The first-order chi connectivity index (χ1) is 9.67. The van der Waals surface area contributed by atoms with Crippen molar-refractivity contribution in [3.05, 3.63) is 18.1 Å². The third kappa shape index (κ3) is 3.07. The summed E-state index contributed by atoms with van der Waals surface area (Å²) in [5.74, 6) is 0.782. The van der Waals surface area contributed by atoms with E-state index in [9.17, 15) is 9.90 Å². The SMILES string of the molecule is CCCNc1cncc(C(=O)N2CCC(C)C2CO)n1. The first-order valence-electron chi connectivity index (χ1n) is 7.15. The summed E-state index contributed by atoms with van der Waals surface area (Å²) in [5, 5.41) is 12.6. The van der Waals surface area contributed by atoms with Gasteiger partial charge < -0.3 is 15.3 Å². The number of amides is 1. The number of aromatic nitrogens is 2. The zero-order valence-corrected chi connectivity index (χ0v) is 12.0. The highest BCUT2D eigenvalue weighted by Crippen LogP contribution is 2.25. The third-order valence-corrected chi connectivity index (χ3v) is 3.74. The molecule has 0 spiro atoms. The minimum atomic E-state index is -0.152. The van der Waals surface area contributed by atoms with Crippen molar-refractivity contribution in [1.29, 1.82) is 0 Å². The lowest BCUT2D eigenvalue weighted by molar-refractivity contribution is 0.0642. The molecule has 2 unspecified atom stereocenters. The minimum absolute atomic E-state index is 0.00584. The van der Waals surface area contributed by atoms with Gasteiger partial charge in [0.25, 0.3) is 5.91 Å². The molecule has 1 aliphatic rings. The molecule has 2 N–H and O–H groups in total. The second-order valence-corrected chi connectivity index (χ2v) is 5.23. The van der Waals surface area contributed by atoms with E-state index < -0.39 is 0 Å². The molecule has 6 nitrogen and oxygen atoms in total. The molecule has 6 heteroatoms. The number of anilines is 1.